The summed E-state index contributed by atoms with van der Waals surface area (Å²) in [5.41, 5.74) is 0. The Balaban J connectivity index is -0.000000575. The summed E-state index contributed by atoms with van der Waals surface area (Å²) in [6.07, 6.45) is 36.7. The van der Waals surface area contributed by atoms with E-state index in [9.17, 15) is 10.4 Å². The van der Waals surface area contributed by atoms with Gasteiger partial charge in [-0.3, -0.25) is 0 Å². The molecule has 0 radical (unpaired) electrons. The third kappa shape index (κ3) is 57.5. The van der Waals surface area contributed by atoms with E-state index in [0.29, 0.717) is 0 Å². The van der Waals surface area contributed by atoms with Gasteiger partial charge in [0.05, 0.1) is 41.3 Å². The molecule has 0 aromatic carbocycles. The highest BCUT2D eigenvalue weighted by Crippen LogP contribution is 2.12. The molecule has 0 unspecified atom stereocenters. The van der Waals surface area contributed by atoms with Gasteiger partial charge in [-0.2, -0.15) is 0 Å². The fraction of sp³-hybridized carbons (Fsp3) is 1.00. The van der Waals surface area contributed by atoms with Crippen LogP contribution in [0.5, 0.6) is 0 Å². The SMILES string of the molecule is CCCCCCCCCCCC[N+](C)(C)[O-].CCCCCCCCCCCN(C)C.CCCCCCCCCC[N+](C)(C)[O-]. The zero-order valence-electron chi connectivity index (χ0n) is 32.4. The fourth-order valence-electron chi connectivity index (χ4n) is 5.35. The number of rotatable bonds is 30. The molecule has 44 heavy (non-hydrogen) atoms. The predicted octanol–water partition coefficient (Wildman–Crippen LogP) is 12.3. The van der Waals surface area contributed by atoms with Crippen LogP contribution >= 0.6 is 0 Å². The normalized spacial score (nSPS) is 11.7. The predicted molar refractivity (Wildman–Crippen MR) is 201 cm³/mol. The summed E-state index contributed by atoms with van der Waals surface area (Å²) in [4.78, 5) is 2.28. The third-order valence-electron chi connectivity index (χ3n) is 8.31. The number of unbranched alkanes of at least 4 members (excludes halogenated alkanes) is 24. The van der Waals surface area contributed by atoms with E-state index in [0.717, 1.165) is 25.9 Å². The minimum atomic E-state index is -0.129. The summed E-state index contributed by atoms with van der Waals surface area (Å²) >= 11 is 0. The second kappa shape index (κ2) is 37.3. The third-order valence-corrected chi connectivity index (χ3v) is 8.31. The van der Waals surface area contributed by atoms with Gasteiger partial charge < -0.3 is 24.6 Å². The first kappa shape index (κ1) is 48.2. The van der Waals surface area contributed by atoms with Crippen LogP contribution in [0.3, 0.4) is 0 Å². The maximum Gasteiger partial charge on any atom is 0.0779 e. The van der Waals surface area contributed by atoms with Crippen LogP contribution in [0, 0.1) is 10.4 Å². The molecule has 0 aliphatic rings. The Hall–Kier alpha value is -0.200. The quantitative estimate of drug-likeness (QED) is 0.0451. The molecule has 0 fully saturated rings. The highest BCUT2D eigenvalue weighted by Gasteiger charge is 2.01. The van der Waals surface area contributed by atoms with E-state index in [1.807, 2.05) is 0 Å². The van der Waals surface area contributed by atoms with Crippen LogP contribution in [-0.2, 0) is 0 Å². The monoisotopic (exact) mass is 630 g/mol. The first-order chi connectivity index (χ1) is 20.9. The van der Waals surface area contributed by atoms with Gasteiger partial charge in [0.15, 0.2) is 0 Å². The molecule has 5 heteroatoms. The number of hydrogen-bond acceptors (Lipinski definition) is 3. The molecule has 0 saturated carbocycles. The van der Waals surface area contributed by atoms with E-state index in [2.05, 4.69) is 39.8 Å². The van der Waals surface area contributed by atoms with Gasteiger partial charge in [0.1, 0.15) is 0 Å². The number of nitrogens with zero attached hydrogens (tertiary/aromatic N) is 3. The average molecular weight is 630 g/mol. The zero-order valence-corrected chi connectivity index (χ0v) is 32.4. The Labute approximate surface area is 280 Å². The lowest BCUT2D eigenvalue weighted by Crippen LogP contribution is -2.32. The van der Waals surface area contributed by atoms with Crippen LogP contribution in [0.15, 0.2) is 0 Å². The van der Waals surface area contributed by atoms with Gasteiger partial charge >= 0.3 is 0 Å². The molecule has 0 aromatic rings. The summed E-state index contributed by atoms with van der Waals surface area (Å²) < 4.78 is -0.257. The molecular weight excluding hydrogens is 542 g/mol. The molecular formula is C39H87N3O2. The smallest absolute Gasteiger partial charge is 0.0779 e. The van der Waals surface area contributed by atoms with Gasteiger partial charge in [0.2, 0.25) is 0 Å². The molecule has 0 spiro atoms. The lowest BCUT2D eigenvalue weighted by molar-refractivity contribution is -0.840. The topological polar surface area (TPSA) is 49.4 Å². The zero-order chi connectivity index (χ0) is 33.8. The molecule has 0 aromatic heterocycles. The Morgan fingerprint density at radius 2 is 0.545 bits per heavy atom. The van der Waals surface area contributed by atoms with Crippen molar-refractivity contribution in [3.8, 4) is 0 Å². The van der Waals surface area contributed by atoms with Gasteiger partial charge in [0, 0.05) is 0 Å². The molecule has 0 aliphatic heterocycles. The van der Waals surface area contributed by atoms with Crippen molar-refractivity contribution in [2.75, 3.05) is 61.9 Å². The van der Waals surface area contributed by atoms with Crippen molar-refractivity contribution < 1.29 is 9.29 Å². The molecule has 0 heterocycles. The van der Waals surface area contributed by atoms with Crippen molar-refractivity contribution in [2.45, 2.75) is 194 Å². The second-order valence-electron chi connectivity index (χ2n) is 14.9. The Kier molecular flexibility index (Phi) is 40.8. The molecule has 0 aliphatic carbocycles. The van der Waals surface area contributed by atoms with Crippen molar-refractivity contribution in [2.24, 2.45) is 0 Å². The van der Waals surface area contributed by atoms with E-state index in [4.69, 9.17) is 0 Å². The fourth-order valence-corrected chi connectivity index (χ4v) is 5.35. The second-order valence-corrected chi connectivity index (χ2v) is 14.9. The first-order valence-electron chi connectivity index (χ1n) is 19.6. The Bertz CT molecular complexity index is 501. The highest BCUT2D eigenvalue weighted by molar-refractivity contribution is 4.50. The molecule has 0 amide bonds. The molecule has 0 rings (SSSR count). The van der Waals surface area contributed by atoms with Crippen LogP contribution in [0.4, 0.5) is 0 Å². The molecule has 5 nitrogen and oxygen atoms in total. The minimum absolute atomic E-state index is 0.128. The average Bonchev–Trinajstić information content (AvgIpc) is 2.94. The largest absolute Gasteiger partial charge is 0.633 e. The van der Waals surface area contributed by atoms with Crippen LogP contribution in [0.25, 0.3) is 0 Å². The van der Waals surface area contributed by atoms with Crippen LogP contribution < -0.4 is 0 Å². The van der Waals surface area contributed by atoms with Crippen molar-refractivity contribution in [1.29, 1.82) is 0 Å². The Morgan fingerprint density at radius 1 is 0.341 bits per heavy atom. The first-order valence-corrected chi connectivity index (χ1v) is 19.6. The summed E-state index contributed by atoms with van der Waals surface area (Å²) in [5, 5.41) is 22.5. The van der Waals surface area contributed by atoms with Crippen molar-refractivity contribution >= 4 is 0 Å². The van der Waals surface area contributed by atoms with Gasteiger partial charge in [-0.25, -0.2) is 0 Å². The van der Waals surface area contributed by atoms with Gasteiger partial charge in [-0.1, -0.05) is 162 Å². The van der Waals surface area contributed by atoms with Crippen molar-refractivity contribution in [3.05, 3.63) is 10.4 Å². The highest BCUT2D eigenvalue weighted by atomic mass is 16.5. The van der Waals surface area contributed by atoms with Crippen molar-refractivity contribution in [3.63, 3.8) is 0 Å². The molecule has 0 bridgehead atoms. The van der Waals surface area contributed by atoms with E-state index in [1.165, 1.54) is 167 Å². The van der Waals surface area contributed by atoms with Gasteiger partial charge in [-0.15, -0.1) is 0 Å². The van der Waals surface area contributed by atoms with E-state index >= 15 is 0 Å². The lowest BCUT2D eigenvalue weighted by atomic mass is 10.1. The van der Waals surface area contributed by atoms with E-state index in [1.54, 1.807) is 28.2 Å². The molecule has 0 atom stereocenters. The molecule has 270 valence electrons. The van der Waals surface area contributed by atoms with Crippen LogP contribution in [0.2, 0.25) is 0 Å². The van der Waals surface area contributed by atoms with Crippen LogP contribution in [0.1, 0.15) is 194 Å². The van der Waals surface area contributed by atoms with Crippen molar-refractivity contribution in [1.82, 2.24) is 4.90 Å². The van der Waals surface area contributed by atoms with Crippen LogP contribution in [-0.4, -0.2) is 76.1 Å². The maximum atomic E-state index is 11.3. The minimum Gasteiger partial charge on any atom is -0.633 e. The Morgan fingerprint density at radius 3 is 0.750 bits per heavy atom. The standard InChI is InChI=1S/C14H31NO.C13H29N.C12H27NO/c1-4-5-6-7-8-9-10-11-12-13-14-15(2,3)16;1-4-5-6-7-8-9-10-11-12-13-14(2)3;1-4-5-6-7-8-9-10-11-12-13(2,3)14/h4-14H2,1-3H3;4-13H2,1-3H3;4-12H2,1-3H3. The molecule has 0 N–H and O–H groups in total. The summed E-state index contributed by atoms with van der Waals surface area (Å²) in [7, 11) is 11.2. The van der Waals surface area contributed by atoms with Gasteiger partial charge in [0.25, 0.3) is 0 Å². The number of quaternary nitrogens is 2. The number of hydroxylamine groups is 6. The summed E-state index contributed by atoms with van der Waals surface area (Å²) in [6, 6.07) is 0. The maximum absolute atomic E-state index is 11.3. The molecule has 0 saturated heterocycles. The lowest BCUT2D eigenvalue weighted by Gasteiger charge is -2.33. The van der Waals surface area contributed by atoms with E-state index in [-0.39, 0.29) is 9.29 Å². The summed E-state index contributed by atoms with van der Waals surface area (Å²) in [6.45, 7) is 9.59. The summed E-state index contributed by atoms with van der Waals surface area (Å²) in [5.74, 6) is 0. The van der Waals surface area contributed by atoms with E-state index < -0.39 is 0 Å². The van der Waals surface area contributed by atoms with Gasteiger partial charge in [-0.05, 0) is 52.7 Å². The number of hydrogen-bond donors (Lipinski definition) is 0.